The van der Waals surface area contributed by atoms with Gasteiger partial charge in [0.05, 0.1) is 12.7 Å². The van der Waals surface area contributed by atoms with Gasteiger partial charge in [-0.15, -0.1) is 0 Å². The summed E-state index contributed by atoms with van der Waals surface area (Å²) in [6.07, 6.45) is 4.03. The van der Waals surface area contributed by atoms with Crippen molar-refractivity contribution in [1.82, 2.24) is 9.78 Å². The SMILES string of the molecule is CC(C)(C)C(N)Cn1cc(S(C)(=O)=O)cn1. The van der Waals surface area contributed by atoms with E-state index in [2.05, 4.69) is 5.10 Å². The van der Waals surface area contributed by atoms with Gasteiger partial charge in [-0.1, -0.05) is 20.8 Å². The molecule has 1 atom stereocenters. The molecule has 0 amide bonds. The van der Waals surface area contributed by atoms with Gasteiger partial charge in [-0.2, -0.15) is 5.10 Å². The molecular weight excluding hydrogens is 226 g/mol. The molecule has 16 heavy (non-hydrogen) atoms. The third kappa shape index (κ3) is 3.31. The fourth-order valence-corrected chi connectivity index (χ4v) is 1.66. The number of sulfone groups is 1. The van der Waals surface area contributed by atoms with Crippen molar-refractivity contribution in [2.75, 3.05) is 6.26 Å². The van der Waals surface area contributed by atoms with E-state index < -0.39 is 9.84 Å². The average Bonchev–Trinajstić information content (AvgIpc) is 2.49. The van der Waals surface area contributed by atoms with Gasteiger partial charge in [0.2, 0.25) is 0 Å². The van der Waals surface area contributed by atoms with Crippen molar-refractivity contribution in [3.8, 4) is 0 Å². The number of rotatable bonds is 3. The predicted molar refractivity (Wildman–Crippen MR) is 62.8 cm³/mol. The van der Waals surface area contributed by atoms with Crippen molar-refractivity contribution >= 4 is 9.84 Å². The molecule has 0 aromatic carbocycles. The molecule has 0 spiro atoms. The maximum atomic E-state index is 11.2. The van der Waals surface area contributed by atoms with Crippen LogP contribution in [0.2, 0.25) is 0 Å². The highest BCUT2D eigenvalue weighted by Gasteiger charge is 2.21. The normalized spacial score (nSPS) is 15.1. The van der Waals surface area contributed by atoms with Crippen LogP contribution >= 0.6 is 0 Å². The van der Waals surface area contributed by atoms with Crippen LogP contribution in [-0.4, -0.2) is 30.5 Å². The van der Waals surface area contributed by atoms with E-state index >= 15 is 0 Å². The molecule has 0 aliphatic heterocycles. The predicted octanol–water partition coefficient (Wildman–Crippen LogP) is 0.660. The van der Waals surface area contributed by atoms with Gasteiger partial charge in [0, 0.05) is 18.5 Å². The molecule has 1 rings (SSSR count). The van der Waals surface area contributed by atoms with Crippen molar-refractivity contribution in [3.05, 3.63) is 12.4 Å². The molecule has 1 heterocycles. The zero-order valence-electron chi connectivity index (χ0n) is 10.1. The van der Waals surface area contributed by atoms with Crippen LogP contribution in [0, 0.1) is 5.41 Å². The molecule has 92 valence electrons. The minimum absolute atomic E-state index is 0.0306. The zero-order chi connectivity index (χ0) is 12.6. The molecule has 6 heteroatoms. The summed E-state index contributed by atoms with van der Waals surface area (Å²) in [4.78, 5) is 0.230. The molecule has 5 nitrogen and oxygen atoms in total. The molecule has 0 bridgehead atoms. The summed E-state index contributed by atoms with van der Waals surface area (Å²) < 4.78 is 24.1. The van der Waals surface area contributed by atoms with Crippen molar-refractivity contribution in [1.29, 1.82) is 0 Å². The lowest BCUT2D eigenvalue weighted by Gasteiger charge is -2.26. The largest absolute Gasteiger partial charge is 0.326 e. The second kappa shape index (κ2) is 4.18. The van der Waals surface area contributed by atoms with Crippen LogP contribution in [0.5, 0.6) is 0 Å². The lowest BCUT2D eigenvalue weighted by molar-refractivity contribution is 0.283. The third-order valence-corrected chi connectivity index (χ3v) is 3.60. The zero-order valence-corrected chi connectivity index (χ0v) is 11.0. The van der Waals surface area contributed by atoms with Gasteiger partial charge in [0.25, 0.3) is 0 Å². The molecule has 0 aliphatic rings. The minimum Gasteiger partial charge on any atom is -0.326 e. The third-order valence-electron chi connectivity index (χ3n) is 2.53. The first-order valence-electron chi connectivity index (χ1n) is 5.09. The van der Waals surface area contributed by atoms with Gasteiger partial charge < -0.3 is 5.73 Å². The summed E-state index contributed by atoms with van der Waals surface area (Å²) in [6.45, 7) is 6.63. The van der Waals surface area contributed by atoms with E-state index in [-0.39, 0.29) is 16.4 Å². The van der Waals surface area contributed by atoms with Crippen LogP contribution in [-0.2, 0) is 16.4 Å². The van der Waals surface area contributed by atoms with Gasteiger partial charge in [-0.05, 0) is 5.41 Å². The molecule has 0 aliphatic carbocycles. The van der Waals surface area contributed by atoms with E-state index in [4.69, 9.17) is 5.73 Å². The van der Waals surface area contributed by atoms with Crippen molar-refractivity contribution < 1.29 is 8.42 Å². The maximum Gasteiger partial charge on any atom is 0.178 e. The molecule has 1 aromatic heterocycles. The Bertz CT molecular complexity index is 457. The highest BCUT2D eigenvalue weighted by molar-refractivity contribution is 7.90. The van der Waals surface area contributed by atoms with Crippen molar-refractivity contribution in [2.45, 2.75) is 38.3 Å². The van der Waals surface area contributed by atoms with E-state index in [0.29, 0.717) is 6.54 Å². The van der Waals surface area contributed by atoms with Crippen LogP contribution in [0.4, 0.5) is 0 Å². The molecule has 0 saturated heterocycles. The maximum absolute atomic E-state index is 11.2. The van der Waals surface area contributed by atoms with Gasteiger partial charge >= 0.3 is 0 Å². The first-order valence-corrected chi connectivity index (χ1v) is 6.98. The van der Waals surface area contributed by atoms with E-state index in [1.54, 1.807) is 4.68 Å². The molecule has 1 aromatic rings. The monoisotopic (exact) mass is 245 g/mol. The Labute approximate surface area is 96.6 Å². The Morgan fingerprint density at radius 1 is 1.50 bits per heavy atom. The topological polar surface area (TPSA) is 78.0 Å². The quantitative estimate of drug-likeness (QED) is 0.848. The van der Waals surface area contributed by atoms with E-state index in [1.165, 1.54) is 12.4 Å². The van der Waals surface area contributed by atoms with Crippen LogP contribution in [0.25, 0.3) is 0 Å². The standard InChI is InChI=1S/C10H19N3O2S/c1-10(2,3)9(11)7-13-6-8(5-12-13)16(4,14)15/h5-6,9H,7,11H2,1-4H3. The molecular formula is C10H19N3O2S. The number of hydrogen-bond donors (Lipinski definition) is 1. The Kier molecular flexibility index (Phi) is 3.44. The lowest BCUT2D eigenvalue weighted by Crippen LogP contribution is -2.38. The van der Waals surface area contributed by atoms with Crippen LogP contribution in [0.3, 0.4) is 0 Å². The summed E-state index contributed by atoms with van der Waals surface area (Å²) in [5, 5.41) is 3.99. The first-order chi connectivity index (χ1) is 7.10. The van der Waals surface area contributed by atoms with E-state index in [0.717, 1.165) is 6.26 Å². The number of aromatic nitrogens is 2. The Morgan fingerprint density at radius 3 is 2.44 bits per heavy atom. The minimum atomic E-state index is -3.18. The van der Waals surface area contributed by atoms with Crippen molar-refractivity contribution in [2.24, 2.45) is 11.1 Å². The average molecular weight is 245 g/mol. The Balaban J connectivity index is 2.82. The van der Waals surface area contributed by atoms with Crippen LogP contribution in [0.15, 0.2) is 17.3 Å². The Hall–Kier alpha value is -0.880. The van der Waals surface area contributed by atoms with E-state index in [1.807, 2.05) is 20.8 Å². The Morgan fingerprint density at radius 2 is 2.06 bits per heavy atom. The second-order valence-electron chi connectivity index (χ2n) is 5.14. The summed E-state index contributed by atoms with van der Waals surface area (Å²) in [5.74, 6) is 0. The fourth-order valence-electron chi connectivity index (χ4n) is 1.11. The second-order valence-corrected chi connectivity index (χ2v) is 7.16. The molecule has 1 unspecified atom stereocenters. The lowest BCUT2D eigenvalue weighted by atomic mass is 9.87. The highest BCUT2D eigenvalue weighted by Crippen LogP contribution is 2.18. The summed E-state index contributed by atoms with van der Waals surface area (Å²) in [7, 11) is -3.18. The van der Waals surface area contributed by atoms with Gasteiger partial charge in [0.15, 0.2) is 9.84 Å². The van der Waals surface area contributed by atoms with Gasteiger partial charge in [-0.3, -0.25) is 4.68 Å². The number of nitrogens with zero attached hydrogens (tertiary/aromatic N) is 2. The number of hydrogen-bond acceptors (Lipinski definition) is 4. The van der Waals surface area contributed by atoms with E-state index in [9.17, 15) is 8.42 Å². The molecule has 0 radical (unpaired) electrons. The van der Waals surface area contributed by atoms with Gasteiger partial charge in [0.1, 0.15) is 4.90 Å². The smallest absolute Gasteiger partial charge is 0.178 e. The van der Waals surface area contributed by atoms with Crippen LogP contribution < -0.4 is 5.73 Å². The molecule has 0 fully saturated rings. The highest BCUT2D eigenvalue weighted by atomic mass is 32.2. The molecule has 0 saturated carbocycles. The van der Waals surface area contributed by atoms with Crippen molar-refractivity contribution in [3.63, 3.8) is 0 Å². The van der Waals surface area contributed by atoms with Gasteiger partial charge in [-0.25, -0.2) is 8.42 Å². The summed E-state index contributed by atoms with van der Waals surface area (Å²) >= 11 is 0. The summed E-state index contributed by atoms with van der Waals surface area (Å²) in [5.41, 5.74) is 5.96. The fraction of sp³-hybridized carbons (Fsp3) is 0.700. The number of nitrogens with two attached hydrogens (primary N) is 1. The first kappa shape index (κ1) is 13.2. The summed E-state index contributed by atoms with van der Waals surface area (Å²) in [6, 6.07) is -0.0696. The molecule has 2 N–H and O–H groups in total. The van der Waals surface area contributed by atoms with Crippen LogP contribution in [0.1, 0.15) is 20.8 Å².